The van der Waals surface area contributed by atoms with Crippen molar-refractivity contribution in [2.75, 3.05) is 6.54 Å². The summed E-state index contributed by atoms with van der Waals surface area (Å²) in [4.78, 5) is 24.2. The topological polar surface area (TPSA) is 137 Å². The number of piperidine rings is 1. The second kappa shape index (κ2) is 11.9. The van der Waals surface area contributed by atoms with Crippen LogP contribution >= 0.6 is 0 Å². The molecule has 1 saturated heterocycles. The number of rotatable bonds is 9. The standard InChI is InChI=1S/C26H30F3N5O5S/c1-16(2)18-5-3-17(4-6-18)14-31-24(35)22-13-20(30-15-23-32-33-25(36)39-23)11-12-34(22)40(37,38)21-9-7-19(8-10-21)26(27,28)29/h3-10,16,20,22,30H,11-15H2,1-2H3,(H,31,35)(H,33,36)/t20-,22-/m1/s1. The van der Waals surface area contributed by atoms with E-state index in [4.69, 9.17) is 4.42 Å². The first-order valence-electron chi connectivity index (χ1n) is 12.7. The van der Waals surface area contributed by atoms with E-state index < -0.39 is 39.5 Å². The lowest BCUT2D eigenvalue weighted by Crippen LogP contribution is -2.56. The molecule has 2 aromatic carbocycles. The van der Waals surface area contributed by atoms with Crippen LogP contribution in [-0.2, 0) is 34.1 Å². The Balaban J connectivity index is 1.53. The monoisotopic (exact) mass is 581 g/mol. The summed E-state index contributed by atoms with van der Waals surface area (Å²) in [5.41, 5.74) is 0.990. The minimum absolute atomic E-state index is 0.0628. The molecular weight excluding hydrogens is 551 g/mol. The number of carbonyl (C=O) groups is 1. The van der Waals surface area contributed by atoms with Crippen LogP contribution in [0.1, 0.15) is 55.2 Å². The Labute approximate surface area is 229 Å². The first kappa shape index (κ1) is 29.5. The van der Waals surface area contributed by atoms with Gasteiger partial charge in [-0.15, -0.1) is 5.10 Å². The predicted molar refractivity (Wildman–Crippen MR) is 138 cm³/mol. The molecule has 0 unspecified atom stereocenters. The minimum Gasteiger partial charge on any atom is -0.391 e. The first-order chi connectivity index (χ1) is 18.8. The fourth-order valence-electron chi connectivity index (χ4n) is 4.50. The quantitative estimate of drug-likeness (QED) is 0.353. The summed E-state index contributed by atoms with van der Waals surface area (Å²) < 4.78 is 72.0. The molecule has 216 valence electrons. The highest BCUT2D eigenvalue weighted by atomic mass is 32.2. The Morgan fingerprint density at radius 2 is 1.80 bits per heavy atom. The molecule has 0 aliphatic carbocycles. The van der Waals surface area contributed by atoms with Crippen LogP contribution in [0.5, 0.6) is 0 Å². The maximum atomic E-state index is 13.5. The summed E-state index contributed by atoms with van der Waals surface area (Å²) >= 11 is 0. The largest absolute Gasteiger partial charge is 0.434 e. The number of sulfonamides is 1. The van der Waals surface area contributed by atoms with Crippen LogP contribution < -0.4 is 16.4 Å². The third kappa shape index (κ3) is 6.98. The molecule has 0 radical (unpaired) electrons. The molecular formula is C26H30F3N5O5S. The van der Waals surface area contributed by atoms with E-state index in [0.29, 0.717) is 24.5 Å². The van der Waals surface area contributed by atoms with Gasteiger partial charge in [0.1, 0.15) is 6.04 Å². The van der Waals surface area contributed by atoms with Crippen LogP contribution in [0, 0.1) is 0 Å². The van der Waals surface area contributed by atoms with E-state index in [1.54, 1.807) is 0 Å². The van der Waals surface area contributed by atoms with Gasteiger partial charge in [-0.2, -0.15) is 17.5 Å². The Kier molecular flexibility index (Phi) is 8.80. The van der Waals surface area contributed by atoms with Gasteiger partial charge in [-0.25, -0.2) is 18.3 Å². The van der Waals surface area contributed by atoms with Crippen molar-refractivity contribution in [2.24, 2.45) is 0 Å². The van der Waals surface area contributed by atoms with Gasteiger partial charge in [0.05, 0.1) is 17.0 Å². The van der Waals surface area contributed by atoms with Crippen molar-refractivity contribution in [1.82, 2.24) is 25.1 Å². The molecule has 1 aliphatic heterocycles. The van der Waals surface area contributed by atoms with Crippen LogP contribution in [0.15, 0.2) is 62.6 Å². The maximum absolute atomic E-state index is 13.5. The molecule has 40 heavy (non-hydrogen) atoms. The Hall–Kier alpha value is -3.49. The maximum Gasteiger partial charge on any atom is 0.434 e. The molecule has 0 saturated carbocycles. The molecule has 1 aliphatic rings. The number of amides is 1. The third-order valence-electron chi connectivity index (χ3n) is 6.78. The summed E-state index contributed by atoms with van der Waals surface area (Å²) in [5.74, 6) is -0.807. The number of halogens is 3. The fourth-order valence-corrected chi connectivity index (χ4v) is 6.11. The molecule has 1 aromatic heterocycles. The van der Waals surface area contributed by atoms with Crippen LogP contribution in [0.4, 0.5) is 13.2 Å². The number of benzene rings is 2. The van der Waals surface area contributed by atoms with E-state index in [1.807, 2.05) is 24.3 Å². The minimum atomic E-state index is -4.62. The molecule has 1 amide bonds. The Bertz CT molecular complexity index is 1470. The molecule has 14 heteroatoms. The van der Waals surface area contributed by atoms with Crippen molar-refractivity contribution < 1.29 is 30.8 Å². The van der Waals surface area contributed by atoms with Gasteiger partial charge in [-0.05, 0) is 54.2 Å². The number of carbonyl (C=O) groups excluding carboxylic acids is 1. The van der Waals surface area contributed by atoms with Gasteiger partial charge in [0.2, 0.25) is 21.8 Å². The number of aromatic amines is 1. The van der Waals surface area contributed by atoms with E-state index in [-0.39, 0.29) is 42.9 Å². The fraction of sp³-hybridized carbons (Fsp3) is 0.423. The average Bonchev–Trinajstić information content (AvgIpc) is 3.35. The normalized spacial score (nSPS) is 18.6. The van der Waals surface area contributed by atoms with E-state index in [2.05, 4.69) is 34.7 Å². The van der Waals surface area contributed by atoms with Gasteiger partial charge in [0.25, 0.3) is 0 Å². The SMILES string of the molecule is CC(C)c1ccc(CNC(=O)[C@H]2C[C@H](NCc3n[nH]c(=O)o3)CCN2S(=O)(=O)c2ccc(C(F)(F)F)cc2)cc1. The second-order valence-corrected chi connectivity index (χ2v) is 11.8. The molecule has 10 nitrogen and oxygen atoms in total. The van der Waals surface area contributed by atoms with Crippen molar-refractivity contribution in [2.45, 2.75) is 68.9 Å². The summed E-state index contributed by atoms with van der Waals surface area (Å²) in [7, 11) is -4.30. The highest BCUT2D eigenvalue weighted by Crippen LogP contribution is 2.31. The third-order valence-corrected chi connectivity index (χ3v) is 8.70. The first-order valence-corrected chi connectivity index (χ1v) is 14.1. The number of alkyl halides is 3. The molecule has 1 fully saturated rings. The number of hydrogen-bond acceptors (Lipinski definition) is 7. The van der Waals surface area contributed by atoms with Crippen LogP contribution in [0.2, 0.25) is 0 Å². The van der Waals surface area contributed by atoms with E-state index >= 15 is 0 Å². The van der Waals surface area contributed by atoms with Gasteiger partial charge in [0.15, 0.2) is 0 Å². The lowest BCUT2D eigenvalue weighted by molar-refractivity contribution is -0.137. The summed E-state index contributed by atoms with van der Waals surface area (Å²) in [6.45, 7) is 4.31. The van der Waals surface area contributed by atoms with Crippen LogP contribution in [0.3, 0.4) is 0 Å². The van der Waals surface area contributed by atoms with Gasteiger partial charge >= 0.3 is 11.9 Å². The van der Waals surface area contributed by atoms with E-state index in [9.17, 15) is 31.2 Å². The van der Waals surface area contributed by atoms with Crippen molar-refractivity contribution in [3.63, 3.8) is 0 Å². The number of H-pyrrole nitrogens is 1. The molecule has 3 aromatic rings. The number of nitrogens with zero attached hydrogens (tertiary/aromatic N) is 2. The zero-order chi connectivity index (χ0) is 29.1. The van der Waals surface area contributed by atoms with Gasteiger partial charge in [-0.3, -0.25) is 4.79 Å². The number of nitrogens with one attached hydrogen (secondary N) is 3. The smallest absolute Gasteiger partial charge is 0.391 e. The van der Waals surface area contributed by atoms with E-state index in [1.165, 1.54) is 0 Å². The van der Waals surface area contributed by atoms with Crippen molar-refractivity contribution in [3.8, 4) is 0 Å². The lowest BCUT2D eigenvalue weighted by Gasteiger charge is -2.37. The molecule has 2 atom stereocenters. The van der Waals surface area contributed by atoms with Crippen molar-refractivity contribution in [3.05, 3.63) is 81.7 Å². The molecule has 3 N–H and O–H groups in total. The zero-order valence-corrected chi connectivity index (χ0v) is 22.7. The van der Waals surface area contributed by atoms with Gasteiger partial charge in [0, 0.05) is 19.1 Å². The van der Waals surface area contributed by atoms with Crippen LogP contribution in [-0.4, -0.2) is 47.5 Å². The lowest BCUT2D eigenvalue weighted by atomic mass is 9.98. The van der Waals surface area contributed by atoms with Crippen molar-refractivity contribution in [1.29, 1.82) is 0 Å². The van der Waals surface area contributed by atoms with E-state index in [0.717, 1.165) is 27.6 Å². The molecule has 4 rings (SSSR count). The highest BCUT2D eigenvalue weighted by molar-refractivity contribution is 7.89. The average molecular weight is 582 g/mol. The summed E-state index contributed by atoms with van der Waals surface area (Å²) in [6, 6.07) is 9.42. The molecule has 0 bridgehead atoms. The Morgan fingerprint density at radius 3 is 2.38 bits per heavy atom. The number of aromatic nitrogens is 2. The highest BCUT2D eigenvalue weighted by Gasteiger charge is 2.41. The molecule has 2 heterocycles. The van der Waals surface area contributed by atoms with Crippen LogP contribution in [0.25, 0.3) is 0 Å². The Morgan fingerprint density at radius 1 is 1.12 bits per heavy atom. The molecule has 0 spiro atoms. The van der Waals surface area contributed by atoms with Crippen molar-refractivity contribution >= 4 is 15.9 Å². The van der Waals surface area contributed by atoms with Gasteiger partial charge in [-0.1, -0.05) is 38.1 Å². The summed E-state index contributed by atoms with van der Waals surface area (Å²) in [6.07, 6.45) is -4.24. The predicted octanol–water partition coefficient (Wildman–Crippen LogP) is 3.13. The zero-order valence-electron chi connectivity index (χ0n) is 21.9. The second-order valence-electron chi connectivity index (χ2n) is 9.88. The summed E-state index contributed by atoms with van der Waals surface area (Å²) in [5, 5.41) is 11.8. The van der Waals surface area contributed by atoms with Gasteiger partial charge < -0.3 is 15.1 Å². The number of hydrogen-bond donors (Lipinski definition) is 3.